The Morgan fingerprint density at radius 2 is 0.788 bits per heavy atom. The van der Waals surface area contributed by atoms with E-state index in [1.165, 1.54) is 51.4 Å². The van der Waals surface area contributed by atoms with Crippen LogP contribution in [0.4, 0.5) is 0 Å². The van der Waals surface area contributed by atoms with Gasteiger partial charge in [0.2, 0.25) is 0 Å². The number of unbranched alkanes of at least 4 members (excludes halogenated alkanes) is 18. The van der Waals surface area contributed by atoms with Crippen molar-refractivity contribution in [1.29, 1.82) is 0 Å². The summed E-state index contributed by atoms with van der Waals surface area (Å²) in [5.41, 5.74) is 0. The van der Waals surface area contributed by atoms with Crippen LogP contribution in [0.25, 0.3) is 0 Å². The van der Waals surface area contributed by atoms with Crippen LogP contribution >= 0.6 is 7.82 Å². The van der Waals surface area contributed by atoms with Crippen LogP contribution in [-0.4, -0.2) is 66.5 Å². The highest BCUT2D eigenvalue weighted by molar-refractivity contribution is 7.47. The van der Waals surface area contributed by atoms with Crippen LogP contribution in [0.2, 0.25) is 0 Å². The Kier molecular flexibility index (Phi) is 46.1. The molecule has 0 aromatic heterocycles. The number of rotatable bonds is 47. The van der Waals surface area contributed by atoms with Gasteiger partial charge in [0.1, 0.15) is 12.7 Å². The van der Waals surface area contributed by atoms with Crippen molar-refractivity contribution in [1.82, 2.24) is 0 Å². The molecule has 0 aliphatic rings. The van der Waals surface area contributed by atoms with Crippen molar-refractivity contribution in [3.05, 3.63) is 72.9 Å². The number of ether oxygens (including phenoxy) is 3. The van der Waals surface area contributed by atoms with Crippen LogP contribution in [-0.2, 0) is 42.2 Å². The van der Waals surface area contributed by atoms with Crippen molar-refractivity contribution >= 4 is 25.7 Å². The number of aliphatic hydroxyl groups is 1. The van der Waals surface area contributed by atoms with Gasteiger partial charge in [-0.3, -0.25) is 23.4 Å². The Labute approximate surface area is 401 Å². The van der Waals surface area contributed by atoms with Crippen molar-refractivity contribution in [2.45, 2.75) is 226 Å². The second kappa shape index (κ2) is 48.4. The number of hydrogen-bond acceptors (Lipinski definition) is 10. The predicted molar refractivity (Wildman–Crippen MR) is 270 cm³/mol. The molecule has 0 saturated carbocycles. The van der Waals surface area contributed by atoms with E-state index in [0.29, 0.717) is 19.3 Å². The molecule has 3 unspecified atom stereocenters. The maximum Gasteiger partial charge on any atom is 0.472 e. The van der Waals surface area contributed by atoms with Crippen LogP contribution < -0.4 is 0 Å². The first-order chi connectivity index (χ1) is 32.2. The largest absolute Gasteiger partial charge is 0.472 e. The average molecular weight is 949 g/mol. The molecule has 0 bridgehead atoms. The fourth-order valence-electron chi connectivity index (χ4n) is 6.67. The topological polar surface area (TPSA) is 155 Å². The van der Waals surface area contributed by atoms with Crippen molar-refractivity contribution in [3.8, 4) is 0 Å². The van der Waals surface area contributed by atoms with E-state index in [9.17, 15) is 28.9 Å². The van der Waals surface area contributed by atoms with Crippen LogP contribution in [0.15, 0.2) is 72.9 Å². The highest BCUT2D eigenvalue weighted by Crippen LogP contribution is 2.43. The lowest BCUT2D eigenvalue weighted by molar-refractivity contribution is -0.161. The first-order valence-corrected chi connectivity index (χ1v) is 27.3. The third-order valence-electron chi connectivity index (χ3n) is 10.6. The molecule has 0 aliphatic carbocycles. The summed E-state index contributed by atoms with van der Waals surface area (Å²) in [6, 6.07) is 0. The van der Waals surface area contributed by atoms with Gasteiger partial charge < -0.3 is 24.2 Å². The number of carbonyl (C=O) groups excluding carboxylic acids is 3. The lowest BCUT2D eigenvalue weighted by Crippen LogP contribution is -2.30. The molecule has 11 nitrogen and oxygen atoms in total. The second-order valence-electron chi connectivity index (χ2n) is 17.0. The Balaban J connectivity index is 4.84. The van der Waals surface area contributed by atoms with Crippen LogP contribution in [0.1, 0.15) is 213 Å². The summed E-state index contributed by atoms with van der Waals surface area (Å²) in [6.07, 6.45) is 51.7. The van der Waals surface area contributed by atoms with Gasteiger partial charge in [0, 0.05) is 19.3 Å². The minimum atomic E-state index is -4.75. The van der Waals surface area contributed by atoms with Crippen LogP contribution in [0, 0.1) is 0 Å². The van der Waals surface area contributed by atoms with Gasteiger partial charge in [0.15, 0.2) is 6.10 Å². The maximum atomic E-state index is 12.8. The molecule has 0 rings (SSSR count). The van der Waals surface area contributed by atoms with Gasteiger partial charge in [-0.2, -0.15) is 0 Å². The molecule has 66 heavy (non-hydrogen) atoms. The van der Waals surface area contributed by atoms with E-state index in [4.69, 9.17) is 23.3 Å². The van der Waals surface area contributed by atoms with E-state index in [0.717, 1.165) is 103 Å². The molecule has 12 heteroatoms. The normalized spacial score (nSPS) is 14.1. The summed E-state index contributed by atoms with van der Waals surface area (Å²) in [7, 11) is -4.75. The fraction of sp³-hybridized carbons (Fsp3) is 0.722. The van der Waals surface area contributed by atoms with Crippen molar-refractivity contribution < 1.29 is 52.2 Å². The van der Waals surface area contributed by atoms with E-state index in [1.807, 2.05) is 0 Å². The smallest absolute Gasteiger partial charge is 0.462 e. The number of hydrogen-bond donors (Lipinski definition) is 2. The summed E-state index contributed by atoms with van der Waals surface area (Å²) >= 11 is 0. The Hall–Kier alpha value is -3.08. The van der Waals surface area contributed by atoms with Gasteiger partial charge in [-0.25, -0.2) is 4.57 Å². The van der Waals surface area contributed by atoms with Crippen molar-refractivity contribution in [3.63, 3.8) is 0 Å². The average Bonchev–Trinajstić information content (AvgIpc) is 3.30. The third-order valence-corrected chi connectivity index (χ3v) is 11.6. The van der Waals surface area contributed by atoms with E-state index < -0.39 is 57.8 Å². The molecule has 0 aromatic rings. The van der Waals surface area contributed by atoms with Crippen molar-refractivity contribution in [2.75, 3.05) is 26.4 Å². The standard InChI is InChI=1S/C54H93O11P/c1-4-7-10-13-16-19-21-23-25-27-29-32-34-37-40-43-52(56)61-47-51(65-54(58)45-42-39-36-33-30-28-26-24-22-20-17-14-11-8-5-2)49-63-66(59,60)62-48-50(46-55)64-53(57)44-41-38-35-31-18-15-12-9-6-3/h7,10,16-17,19-20,23-26,29,32,50-51,55H,4-6,8-9,11-15,18,21-22,27-28,30-31,33-49H2,1-3H3,(H,59,60)/b10-7-,19-16-,20-17-,25-23-,26-24-,32-29-. The quantitative estimate of drug-likeness (QED) is 0.0197. The van der Waals surface area contributed by atoms with Crippen LogP contribution in [0.3, 0.4) is 0 Å². The number of allylic oxidation sites excluding steroid dienone is 12. The Morgan fingerprint density at radius 3 is 1.27 bits per heavy atom. The van der Waals surface area contributed by atoms with Crippen molar-refractivity contribution in [2.24, 2.45) is 0 Å². The molecular formula is C54H93O11P. The summed E-state index contributed by atoms with van der Waals surface area (Å²) in [5, 5.41) is 9.74. The second-order valence-corrected chi connectivity index (χ2v) is 18.4. The zero-order valence-corrected chi connectivity index (χ0v) is 42.5. The van der Waals surface area contributed by atoms with Gasteiger partial charge in [-0.15, -0.1) is 0 Å². The van der Waals surface area contributed by atoms with Crippen LogP contribution in [0.5, 0.6) is 0 Å². The highest BCUT2D eigenvalue weighted by atomic mass is 31.2. The predicted octanol–water partition coefficient (Wildman–Crippen LogP) is 14.6. The first-order valence-electron chi connectivity index (χ1n) is 25.8. The molecule has 0 spiro atoms. The van der Waals surface area contributed by atoms with Gasteiger partial charge in [-0.05, 0) is 89.9 Å². The first kappa shape index (κ1) is 62.9. The molecule has 0 heterocycles. The number of phosphoric acid groups is 1. The molecule has 380 valence electrons. The minimum absolute atomic E-state index is 0.141. The van der Waals surface area contributed by atoms with Gasteiger partial charge in [0.05, 0.1) is 19.8 Å². The SMILES string of the molecule is CC/C=C\C/C=C\C/C=C\C/C=C\CCCCC(=O)OCC(COP(=O)(O)OCC(CO)OC(=O)CCCCCCCCCCC)OC(=O)CCCCCCC/C=C\C/C=C\CCCCC. The number of esters is 3. The summed E-state index contributed by atoms with van der Waals surface area (Å²) in [4.78, 5) is 48.2. The molecule has 0 aliphatic heterocycles. The zero-order valence-electron chi connectivity index (χ0n) is 41.6. The fourth-order valence-corrected chi connectivity index (χ4v) is 7.45. The molecule has 0 saturated heterocycles. The van der Waals surface area contributed by atoms with E-state index in [1.54, 1.807) is 0 Å². The van der Waals surface area contributed by atoms with E-state index in [2.05, 4.69) is 93.7 Å². The molecule has 0 radical (unpaired) electrons. The minimum Gasteiger partial charge on any atom is -0.462 e. The molecule has 0 aromatic carbocycles. The zero-order chi connectivity index (χ0) is 48.4. The molecule has 0 amide bonds. The lowest BCUT2D eigenvalue weighted by atomic mass is 10.1. The molecular weight excluding hydrogens is 856 g/mol. The maximum absolute atomic E-state index is 12.8. The van der Waals surface area contributed by atoms with Gasteiger partial charge in [0.25, 0.3) is 0 Å². The molecule has 0 fully saturated rings. The lowest BCUT2D eigenvalue weighted by Gasteiger charge is -2.21. The number of carbonyl (C=O) groups is 3. The summed E-state index contributed by atoms with van der Waals surface area (Å²) in [5.74, 6) is -1.54. The van der Waals surface area contributed by atoms with Gasteiger partial charge in [-0.1, -0.05) is 177 Å². The number of phosphoric ester groups is 1. The molecule has 3 atom stereocenters. The summed E-state index contributed by atoms with van der Waals surface area (Å²) < 4.78 is 39.2. The highest BCUT2D eigenvalue weighted by Gasteiger charge is 2.28. The third kappa shape index (κ3) is 46.0. The van der Waals surface area contributed by atoms with Gasteiger partial charge >= 0.3 is 25.7 Å². The Morgan fingerprint density at radius 1 is 0.439 bits per heavy atom. The molecule has 2 N–H and O–H groups in total. The number of aliphatic hydroxyl groups excluding tert-OH is 1. The summed E-state index contributed by atoms with van der Waals surface area (Å²) in [6.45, 7) is 4.40. The Bertz CT molecular complexity index is 1390. The monoisotopic (exact) mass is 949 g/mol. The van der Waals surface area contributed by atoms with E-state index in [-0.39, 0.29) is 25.9 Å². The van der Waals surface area contributed by atoms with E-state index >= 15 is 0 Å².